The van der Waals surface area contributed by atoms with Gasteiger partial charge in [0.25, 0.3) is 0 Å². The van der Waals surface area contributed by atoms with E-state index in [1.165, 1.54) is 59.8 Å². The first-order chi connectivity index (χ1) is 25.0. The Balaban J connectivity index is 0.000000418. The molecular formula is C49H64IrNO2S-. The molecule has 54 heavy (non-hydrogen) atoms. The maximum atomic E-state index is 11.7. The molecule has 0 aliphatic rings. The molecule has 3 aromatic carbocycles. The molecule has 0 spiro atoms. The van der Waals surface area contributed by atoms with E-state index in [1.807, 2.05) is 45.2 Å². The Morgan fingerprint density at radius 3 is 1.98 bits per heavy atom. The molecule has 5 aromatic rings. The smallest absolute Gasteiger partial charge is 0.162 e. The number of benzene rings is 3. The summed E-state index contributed by atoms with van der Waals surface area (Å²) in [5, 5.41) is 13.5. The zero-order chi connectivity index (χ0) is 39.2. The molecular weight excluding hydrogens is 859 g/mol. The minimum Gasteiger partial charge on any atom is -0.512 e. The van der Waals surface area contributed by atoms with Crippen molar-refractivity contribution in [3.05, 3.63) is 100 Å². The fourth-order valence-corrected chi connectivity index (χ4v) is 9.39. The molecule has 0 aliphatic carbocycles. The van der Waals surface area contributed by atoms with Crippen LogP contribution in [0.5, 0.6) is 0 Å². The summed E-state index contributed by atoms with van der Waals surface area (Å²) in [5.41, 5.74) is 10.8. The number of fused-ring (bicyclic) bond motifs is 2. The van der Waals surface area contributed by atoms with Crippen LogP contribution in [0.15, 0.2) is 66.6 Å². The minimum absolute atomic E-state index is 0. The van der Waals surface area contributed by atoms with Gasteiger partial charge in [0.05, 0.1) is 5.76 Å². The van der Waals surface area contributed by atoms with Crippen molar-refractivity contribution < 1.29 is 30.0 Å². The van der Waals surface area contributed by atoms with E-state index in [-0.39, 0.29) is 48.9 Å². The van der Waals surface area contributed by atoms with E-state index >= 15 is 0 Å². The molecule has 2 heterocycles. The Hall–Kier alpha value is -3.11. The Kier molecular flexibility index (Phi) is 16.5. The molecule has 0 atom stereocenters. The van der Waals surface area contributed by atoms with Gasteiger partial charge in [-0.3, -0.25) is 9.78 Å². The van der Waals surface area contributed by atoms with Gasteiger partial charge in [0.2, 0.25) is 0 Å². The minimum atomic E-state index is 0. The van der Waals surface area contributed by atoms with E-state index in [9.17, 15) is 9.90 Å². The van der Waals surface area contributed by atoms with E-state index in [1.54, 1.807) is 0 Å². The van der Waals surface area contributed by atoms with Crippen LogP contribution in [0.2, 0.25) is 0 Å². The van der Waals surface area contributed by atoms with Crippen LogP contribution in [-0.4, -0.2) is 15.9 Å². The van der Waals surface area contributed by atoms with Crippen molar-refractivity contribution in [3.63, 3.8) is 0 Å². The number of ketones is 1. The summed E-state index contributed by atoms with van der Waals surface area (Å²) >= 11 is 1.91. The summed E-state index contributed by atoms with van der Waals surface area (Å²) in [6.45, 7) is 28.8. The summed E-state index contributed by atoms with van der Waals surface area (Å²) in [6.07, 6.45) is 7.98. The Bertz CT molecular complexity index is 2030. The van der Waals surface area contributed by atoms with E-state index < -0.39 is 0 Å². The standard InChI is InChI=1S/C36H40NS.C13H24O2.Ir/c1-21(2)30-19-27(18-26-12-10-11-13-28(26)30)33-34-29(14-15-37-33)31(22(3)4)35(38-34)32-23(5)16-25(17-24(32)6)20-36(7,8)9;1-5-10(6-2)12(14)9-13(15)11(7-3)8-4;/h10-17,19,21-22H,20H2,1-9H3;9-11,14H,5-8H2,1-4H3;/q-1;;/b;12-9-;. The molecule has 0 saturated carbocycles. The first kappa shape index (κ1) is 45.3. The number of aliphatic hydroxyl groups excluding tert-OH is 1. The molecule has 0 amide bonds. The second kappa shape index (κ2) is 19.7. The molecule has 0 unspecified atom stereocenters. The third kappa shape index (κ3) is 10.6. The monoisotopic (exact) mass is 923 g/mol. The first-order valence-electron chi connectivity index (χ1n) is 20.0. The molecule has 2 aromatic heterocycles. The Morgan fingerprint density at radius 1 is 0.852 bits per heavy atom. The first-order valence-corrected chi connectivity index (χ1v) is 20.8. The number of aromatic nitrogens is 1. The van der Waals surface area contributed by atoms with Crippen LogP contribution in [0.1, 0.15) is 141 Å². The number of hydrogen-bond donors (Lipinski definition) is 1. The predicted octanol–water partition coefficient (Wildman–Crippen LogP) is 14.9. The molecule has 0 bridgehead atoms. The van der Waals surface area contributed by atoms with Crippen molar-refractivity contribution >= 4 is 38.0 Å². The molecule has 1 N–H and O–H groups in total. The maximum Gasteiger partial charge on any atom is 0.162 e. The van der Waals surface area contributed by atoms with Gasteiger partial charge in [-0.05, 0) is 102 Å². The summed E-state index contributed by atoms with van der Waals surface area (Å²) in [5.74, 6) is 1.38. The van der Waals surface area contributed by atoms with Crippen LogP contribution < -0.4 is 0 Å². The fraction of sp³-hybridized carbons (Fsp3) is 0.469. The SMILES string of the molecule is CCC(CC)C(=O)/C=C(\O)C(CC)CC.Cc1cc(CC(C)(C)C)cc(C)c1-c1sc2c(-c3[c-]c4ccccc4c(C(C)C)c3)nccc2c1C(C)C.[Ir]. The van der Waals surface area contributed by atoms with Crippen LogP contribution in [0.25, 0.3) is 42.6 Å². The number of nitrogens with zero attached hydrogens (tertiary/aromatic N) is 1. The summed E-state index contributed by atoms with van der Waals surface area (Å²) in [7, 11) is 0. The summed E-state index contributed by atoms with van der Waals surface area (Å²) in [4.78, 5) is 18.1. The number of carbonyl (C=O) groups excluding carboxylic acids is 1. The summed E-state index contributed by atoms with van der Waals surface area (Å²) < 4.78 is 1.27. The quantitative estimate of drug-likeness (QED) is 0.0771. The second-order valence-corrected chi connectivity index (χ2v) is 17.7. The van der Waals surface area contributed by atoms with Gasteiger partial charge < -0.3 is 5.11 Å². The van der Waals surface area contributed by atoms with E-state index in [0.717, 1.165) is 48.7 Å². The van der Waals surface area contributed by atoms with Gasteiger partial charge in [-0.2, -0.15) is 0 Å². The van der Waals surface area contributed by atoms with Crippen molar-refractivity contribution in [2.45, 2.75) is 134 Å². The largest absolute Gasteiger partial charge is 0.512 e. The number of aliphatic hydroxyl groups is 1. The third-order valence-corrected chi connectivity index (χ3v) is 11.8. The number of rotatable bonds is 12. The molecule has 5 rings (SSSR count). The number of carbonyl (C=O) groups is 1. The van der Waals surface area contributed by atoms with Crippen molar-refractivity contribution in [2.75, 3.05) is 0 Å². The zero-order valence-corrected chi connectivity index (χ0v) is 38.4. The molecule has 0 aliphatic heterocycles. The van der Waals surface area contributed by atoms with Gasteiger partial charge in [0.15, 0.2) is 5.78 Å². The topological polar surface area (TPSA) is 50.2 Å². The number of pyridine rings is 1. The van der Waals surface area contributed by atoms with Gasteiger partial charge in [-0.25, -0.2) is 0 Å². The van der Waals surface area contributed by atoms with Crippen molar-refractivity contribution in [2.24, 2.45) is 17.3 Å². The number of aryl methyl sites for hydroxylation is 2. The van der Waals surface area contributed by atoms with Crippen LogP contribution >= 0.6 is 11.3 Å². The molecule has 5 heteroatoms. The number of thiophene rings is 1. The van der Waals surface area contributed by atoms with Gasteiger partial charge >= 0.3 is 0 Å². The van der Waals surface area contributed by atoms with Crippen molar-refractivity contribution in [1.82, 2.24) is 4.98 Å². The van der Waals surface area contributed by atoms with Crippen LogP contribution in [0.3, 0.4) is 0 Å². The normalized spacial score (nSPS) is 12.2. The zero-order valence-electron chi connectivity index (χ0n) is 35.2. The van der Waals surface area contributed by atoms with Gasteiger partial charge in [-0.1, -0.05) is 117 Å². The number of hydrogen-bond acceptors (Lipinski definition) is 4. The molecule has 293 valence electrons. The van der Waals surface area contributed by atoms with Gasteiger partial charge in [0.1, 0.15) is 0 Å². The predicted molar refractivity (Wildman–Crippen MR) is 232 cm³/mol. The molecule has 0 fully saturated rings. The van der Waals surface area contributed by atoms with Crippen LogP contribution in [0, 0.1) is 37.2 Å². The molecule has 0 saturated heterocycles. The van der Waals surface area contributed by atoms with Gasteiger partial charge in [0, 0.05) is 59.5 Å². The summed E-state index contributed by atoms with van der Waals surface area (Å²) in [6, 6.07) is 21.7. The second-order valence-electron chi connectivity index (χ2n) is 16.7. The average molecular weight is 923 g/mol. The van der Waals surface area contributed by atoms with E-state index in [2.05, 4.69) is 117 Å². The molecule has 3 nitrogen and oxygen atoms in total. The molecule has 1 radical (unpaired) electrons. The van der Waals surface area contributed by atoms with Crippen LogP contribution in [-0.2, 0) is 31.3 Å². The Morgan fingerprint density at radius 2 is 1.44 bits per heavy atom. The van der Waals surface area contributed by atoms with Gasteiger partial charge in [-0.15, -0.1) is 40.5 Å². The van der Waals surface area contributed by atoms with E-state index in [4.69, 9.17) is 4.98 Å². The van der Waals surface area contributed by atoms with Crippen LogP contribution in [0.4, 0.5) is 0 Å². The Labute approximate surface area is 344 Å². The maximum absolute atomic E-state index is 11.7. The van der Waals surface area contributed by atoms with Crippen molar-refractivity contribution in [1.29, 1.82) is 0 Å². The van der Waals surface area contributed by atoms with Crippen molar-refractivity contribution in [3.8, 4) is 21.7 Å². The average Bonchev–Trinajstić information content (AvgIpc) is 3.47. The number of allylic oxidation sites excluding steroid dienone is 2. The third-order valence-electron chi connectivity index (χ3n) is 10.5. The van der Waals surface area contributed by atoms with E-state index in [0.29, 0.717) is 11.8 Å². The fourth-order valence-electron chi connectivity index (χ4n) is 7.76.